The van der Waals surface area contributed by atoms with Crippen molar-refractivity contribution in [3.8, 4) is 0 Å². The van der Waals surface area contributed by atoms with Crippen LogP contribution in [0.25, 0.3) is 6.08 Å². The van der Waals surface area contributed by atoms with Crippen molar-refractivity contribution >= 4 is 6.08 Å². The van der Waals surface area contributed by atoms with Crippen molar-refractivity contribution in [2.75, 3.05) is 13.1 Å². The molecule has 0 unspecified atom stereocenters. The molecule has 0 bridgehead atoms. The molecule has 0 spiro atoms. The van der Waals surface area contributed by atoms with Crippen LogP contribution < -0.4 is 5.32 Å². The quantitative estimate of drug-likeness (QED) is 0.821. The van der Waals surface area contributed by atoms with Crippen molar-refractivity contribution in [1.82, 2.24) is 14.9 Å². The molecule has 1 heterocycles. The third-order valence-corrected chi connectivity index (χ3v) is 2.91. The van der Waals surface area contributed by atoms with Gasteiger partial charge in [-0.2, -0.15) is 0 Å². The predicted molar refractivity (Wildman–Crippen MR) is 74.0 cm³/mol. The van der Waals surface area contributed by atoms with E-state index in [1.54, 1.807) is 0 Å². The van der Waals surface area contributed by atoms with Gasteiger partial charge in [-0.3, -0.25) is 0 Å². The molecule has 0 saturated heterocycles. The number of aromatic nitrogens is 2. The maximum absolute atomic E-state index is 4.23. The summed E-state index contributed by atoms with van der Waals surface area (Å²) in [6.07, 6.45) is 6.11. The Kier molecular flexibility index (Phi) is 5.42. The normalized spacial score (nSPS) is 12.8. The fourth-order valence-electron chi connectivity index (χ4n) is 1.74. The van der Waals surface area contributed by atoms with E-state index in [0.29, 0.717) is 12.0 Å². The van der Waals surface area contributed by atoms with Gasteiger partial charge < -0.3 is 9.88 Å². The van der Waals surface area contributed by atoms with Crippen molar-refractivity contribution < 1.29 is 0 Å². The van der Waals surface area contributed by atoms with Crippen LogP contribution in [0.5, 0.6) is 0 Å². The molecule has 1 N–H and O–H groups in total. The van der Waals surface area contributed by atoms with Crippen LogP contribution in [0.1, 0.15) is 46.4 Å². The Hall–Kier alpha value is -1.09. The minimum absolute atomic E-state index is 0.455. The number of likely N-dealkylation sites (N-methyl/N-ethyl adjacent to an activating group) is 1. The van der Waals surface area contributed by atoms with Crippen LogP contribution in [0, 0.1) is 5.92 Å². The molecule has 0 saturated carbocycles. The van der Waals surface area contributed by atoms with E-state index in [4.69, 9.17) is 0 Å². The molecule has 0 fully saturated rings. The lowest BCUT2D eigenvalue weighted by Gasteiger charge is -2.14. The Balaban J connectivity index is 2.91. The fourth-order valence-corrected chi connectivity index (χ4v) is 1.74. The molecule has 3 heteroatoms. The van der Waals surface area contributed by atoms with Crippen molar-refractivity contribution in [3.63, 3.8) is 0 Å². The van der Waals surface area contributed by atoms with E-state index in [9.17, 15) is 0 Å². The number of rotatable bonds is 6. The second-order valence-corrected chi connectivity index (χ2v) is 4.97. The van der Waals surface area contributed by atoms with Gasteiger partial charge in [-0.25, -0.2) is 4.98 Å². The van der Waals surface area contributed by atoms with Gasteiger partial charge in [0.2, 0.25) is 0 Å². The number of nitrogens with one attached hydrogen (secondary N) is 1. The van der Waals surface area contributed by atoms with Crippen LogP contribution in [-0.4, -0.2) is 22.6 Å². The molecule has 0 amide bonds. The molecule has 3 nitrogen and oxygen atoms in total. The van der Waals surface area contributed by atoms with Crippen LogP contribution >= 0.6 is 0 Å². The zero-order chi connectivity index (χ0) is 12.8. The average molecular weight is 235 g/mol. The Morgan fingerprint density at radius 2 is 2.12 bits per heavy atom. The maximum atomic E-state index is 4.23. The van der Waals surface area contributed by atoms with Crippen LogP contribution in [-0.2, 0) is 0 Å². The standard InChI is InChI=1S/C14H25N3/c1-6-15-8-13(11(2)3)7-14-9-16-10-17(14)12(4)5/h7,9-12,15H,6,8H2,1-5H3. The molecular weight excluding hydrogens is 210 g/mol. The minimum atomic E-state index is 0.455. The van der Waals surface area contributed by atoms with Gasteiger partial charge in [0.25, 0.3) is 0 Å². The zero-order valence-corrected chi connectivity index (χ0v) is 11.7. The summed E-state index contributed by atoms with van der Waals surface area (Å²) in [7, 11) is 0. The van der Waals surface area contributed by atoms with Crippen LogP contribution in [0.2, 0.25) is 0 Å². The maximum Gasteiger partial charge on any atom is 0.0953 e. The van der Waals surface area contributed by atoms with Crippen molar-refractivity contribution in [2.45, 2.75) is 40.7 Å². The fraction of sp³-hybridized carbons (Fsp3) is 0.643. The average Bonchev–Trinajstić information content (AvgIpc) is 2.71. The van der Waals surface area contributed by atoms with E-state index in [0.717, 1.165) is 13.1 Å². The van der Waals surface area contributed by atoms with Gasteiger partial charge in [-0.15, -0.1) is 0 Å². The number of hydrogen-bond donors (Lipinski definition) is 1. The summed E-state index contributed by atoms with van der Waals surface area (Å²) >= 11 is 0. The summed E-state index contributed by atoms with van der Waals surface area (Å²) in [6, 6.07) is 0.455. The Bertz CT molecular complexity index is 361. The SMILES string of the molecule is CCNCC(=Cc1cncn1C(C)C)C(C)C. The molecule has 17 heavy (non-hydrogen) atoms. The van der Waals surface area contributed by atoms with Crippen molar-refractivity contribution in [2.24, 2.45) is 5.92 Å². The van der Waals surface area contributed by atoms with E-state index < -0.39 is 0 Å². The number of nitrogens with zero attached hydrogens (tertiary/aromatic N) is 2. The Morgan fingerprint density at radius 1 is 1.41 bits per heavy atom. The van der Waals surface area contributed by atoms with E-state index >= 15 is 0 Å². The first-order chi connectivity index (χ1) is 8.06. The monoisotopic (exact) mass is 235 g/mol. The van der Waals surface area contributed by atoms with E-state index in [1.807, 2.05) is 12.5 Å². The van der Waals surface area contributed by atoms with Gasteiger partial charge >= 0.3 is 0 Å². The largest absolute Gasteiger partial charge is 0.329 e. The highest BCUT2D eigenvalue weighted by atomic mass is 15.1. The number of hydrogen-bond acceptors (Lipinski definition) is 2. The van der Waals surface area contributed by atoms with Gasteiger partial charge in [0, 0.05) is 12.6 Å². The van der Waals surface area contributed by atoms with Gasteiger partial charge in [0.15, 0.2) is 0 Å². The molecule has 1 aromatic heterocycles. The lowest BCUT2D eigenvalue weighted by atomic mass is 10.0. The first-order valence-electron chi connectivity index (χ1n) is 6.49. The smallest absolute Gasteiger partial charge is 0.0953 e. The summed E-state index contributed by atoms with van der Waals surface area (Å²) in [4.78, 5) is 4.23. The molecular formula is C14H25N3. The second-order valence-electron chi connectivity index (χ2n) is 4.97. The predicted octanol–water partition coefficient (Wildman–Crippen LogP) is 3.11. The van der Waals surface area contributed by atoms with Crippen molar-refractivity contribution in [3.05, 3.63) is 23.8 Å². The van der Waals surface area contributed by atoms with Gasteiger partial charge in [-0.1, -0.05) is 26.3 Å². The summed E-state index contributed by atoms with van der Waals surface area (Å²) in [5.74, 6) is 0.560. The van der Waals surface area contributed by atoms with E-state index in [-0.39, 0.29) is 0 Å². The Labute approximate surface area is 105 Å². The minimum Gasteiger partial charge on any atom is -0.329 e. The molecule has 1 rings (SSSR count). The second kappa shape index (κ2) is 6.60. The first kappa shape index (κ1) is 14.0. The van der Waals surface area contributed by atoms with Crippen LogP contribution in [0.4, 0.5) is 0 Å². The summed E-state index contributed by atoms with van der Waals surface area (Å²) in [5.41, 5.74) is 2.62. The molecule has 0 aromatic carbocycles. The lowest BCUT2D eigenvalue weighted by Crippen LogP contribution is -2.18. The van der Waals surface area contributed by atoms with Crippen LogP contribution in [0.15, 0.2) is 18.1 Å². The van der Waals surface area contributed by atoms with Crippen LogP contribution in [0.3, 0.4) is 0 Å². The molecule has 1 aromatic rings. The van der Waals surface area contributed by atoms with Gasteiger partial charge in [0.05, 0.1) is 18.2 Å². The topological polar surface area (TPSA) is 29.9 Å². The van der Waals surface area contributed by atoms with Gasteiger partial charge in [-0.05, 0) is 32.4 Å². The third kappa shape index (κ3) is 4.00. The molecule has 0 aliphatic carbocycles. The molecule has 96 valence electrons. The van der Waals surface area contributed by atoms with Crippen molar-refractivity contribution in [1.29, 1.82) is 0 Å². The highest BCUT2D eigenvalue weighted by Crippen LogP contribution is 2.16. The summed E-state index contributed by atoms with van der Waals surface area (Å²) < 4.78 is 2.20. The zero-order valence-electron chi connectivity index (χ0n) is 11.7. The van der Waals surface area contributed by atoms with Gasteiger partial charge in [0.1, 0.15) is 0 Å². The molecule has 0 aliphatic heterocycles. The Morgan fingerprint density at radius 3 is 2.65 bits per heavy atom. The molecule has 0 radical (unpaired) electrons. The third-order valence-electron chi connectivity index (χ3n) is 2.91. The summed E-state index contributed by atoms with van der Waals surface area (Å²) in [5, 5.41) is 3.39. The first-order valence-corrected chi connectivity index (χ1v) is 6.49. The lowest BCUT2D eigenvalue weighted by molar-refractivity contribution is 0.594. The van der Waals surface area contributed by atoms with E-state index in [1.165, 1.54) is 11.3 Å². The molecule has 0 aliphatic rings. The summed E-state index contributed by atoms with van der Waals surface area (Å²) in [6.45, 7) is 12.9. The highest BCUT2D eigenvalue weighted by Gasteiger charge is 2.07. The highest BCUT2D eigenvalue weighted by molar-refractivity contribution is 5.49. The number of imidazole rings is 1. The van der Waals surface area contributed by atoms with E-state index in [2.05, 4.69) is 55.6 Å². The molecule has 0 atom stereocenters.